The Morgan fingerprint density at radius 3 is 2.63 bits per heavy atom. The van der Waals surface area contributed by atoms with Gasteiger partial charge in [0.05, 0.1) is 12.2 Å². The van der Waals surface area contributed by atoms with Gasteiger partial charge in [0.15, 0.2) is 5.78 Å². The average Bonchev–Trinajstić information content (AvgIpc) is 2.82. The Labute approximate surface area is 160 Å². The molecule has 0 aliphatic heterocycles. The highest BCUT2D eigenvalue weighted by Gasteiger charge is 2.69. The summed E-state index contributed by atoms with van der Waals surface area (Å²) in [5, 5.41) is 42.1. The second-order valence-electron chi connectivity index (χ2n) is 9.50. The molecule has 0 amide bonds. The van der Waals surface area contributed by atoms with E-state index < -0.39 is 35.6 Å². The SMILES string of the molecule is C[C@@H]1CC2C3C=CC4=CC(O)C=CC4(C)C3C(O)CC2(C)[C@@]1(O)C(=O)CO. The number of carbonyl (C=O) groups is 1. The largest absolute Gasteiger partial charge is 0.393 e. The number of Topliss-reactive ketones (excluding diaryl/α,β-unsaturated/α-hetero) is 1. The number of ketones is 1. The first-order valence-electron chi connectivity index (χ1n) is 9.92. The molecule has 0 aromatic heterocycles. The van der Waals surface area contributed by atoms with Gasteiger partial charge in [-0.25, -0.2) is 0 Å². The molecule has 5 heteroatoms. The average molecular weight is 374 g/mol. The van der Waals surface area contributed by atoms with Crippen molar-refractivity contribution in [1.82, 2.24) is 0 Å². The first kappa shape index (κ1) is 19.1. The summed E-state index contributed by atoms with van der Waals surface area (Å²) in [4.78, 5) is 12.6. The minimum absolute atomic E-state index is 0.0174. The number of aliphatic hydroxyl groups is 4. The van der Waals surface area contributed by atoms with Crippen LogP contribution in [0.3, 0.4) is 0 Å². The lowest BCUT2D eigenvalue weighted by Gasteiger charge is -2.58. The summed E-state index contributed by atoms with van der Waals surface area (Å²) in [6.45, 7) is 5.18. The maximum atomic E-state index is 12.6. The van der Waals surface area contributed by atoms with Gasteiger partial charge in [-0.3, -0.25) is 4.79 Å². The minimum Gasteiger partial charge on any atom is -0.393 e. The predicted octanol–water partition coefficient (Wildman–Crippen LogP) is 1.37. The van der Waals surface area contributed by atoms with Gasteiger partial charge in [-0.15, -0.1) is 0 Å². The highest BCUT2D eigenvalue weighted by molar-refractivity contribution is 5.90. The summed E-state index contributed by atoms with van der Waals surface area (Å²) in [5.41, 5.74) is -1.78. The molecule has 4 rings (SSSR count). The normalized spacial score (nSPS) is 53.4. The molecule has 0 heterocycles. The zero-order chi connectivity index (χ0) is 19.8. The number of hydrogen-bond donors (Lipinski definition) is 4. The molecule has 4 N–H and O–H groups in total. The summed E-state index contributed by atoms with van der Waals surface area (Å²) in [6, 6.07) is 0. The van der Waals surface area contributed by atoms with Crippen LogP contribution in [0, 0.1) is 34.5 Å². The third-order valence-electron chi connectivity index (χ3n) is 8.31. The van der Waals surface area contributed by atoms with E-state index in [4.69, 9.17) is 0 Å². The molecule has 0 aromatic carbocycles. The van der Waals surface area contributed by atoms with Crippen molar-refractivity contribution >= 4 is 5.78 Å². The number of carbonyl (C=O) groups excluding carboxylic acids is 1. The van der Waals surface area contributed by atoms with Gasteiger partial charge in [0.25, 0.3) is 0 Å². The molecular formula is C22H30O5. The summed E-state index contributed by atoms with van der Waals surface area (Å²) in [5.74, 6) is -0.840. The molecule has 148 valence electrons. The van der Waals surface area contributed by atoms with Crippen molar-refractivity contribution in [1.29, 1.82) is 0 Å². The number of allylic oxidation sites excluding steroid dienone is 4. The second kappa shape index (κ2) is 5.86. The number of rotatable bonds is 2. The summed E-state index contributed by atoms with van der Waals surface area (Å²) in [7, 11) is 0. The van der Waals surface area contributed by atoms with Gasteiger partial charge in [0.2, 0.25) is 0 Å². The van der Waals surface area contributed by atoms with E-state index in [9.17, 15) is 25.2 Å². The van der Waals surface area contributed by atoms with Crippen molar-refractivity contribution in [2.45, 2.75) is 51.4 Å². The van der Waals surface area contributed by atoms with E-state index in [-0.39, 0.29) is 29.1 Å². The predicted molar refractivity (Wildman–Crippen MR) is 101 cm³/mol. The van der Waals surface area contributed by atoms with Crippen LogP contribution in [0.1, 0.15) is 33.6 Å². The highest BCUT2D eigenvalue weighted by Crippen LogP contribution is 2.67. The van der Waals surface area contributed by atoms with Crippen molar-refractivity contribution in [3.05, 3.63) is 36.0 Å². The van der Waals surface area contributed by atoms with Gasteiger partial charge in [-0.05, 0) is 42.2 Å². The maximum Gasteiger partial charge on any atom is 0.190 e. The summed E-state index contributed by atoms with van der Waals surface area (Å²) >= 11 is 0. The van der Waals surface area contributed by atoms with E-state index in [1.807, 2.05) is 32.1 Å². The fourth-order valence-corrected chi connectivity index (χ4v) is 6.95. The van der Waals surface area contributed by atoms with E-state index in [2.05, 4.69) is 13.0 Å². The van der Waals surface area contributed by atoms with Crippen LogP contribution in [0.15, 0.2) is 36.0 Å². The summed E-state index contributed by atoms with van der Waals surface area (Å²) < 4.78 is 0. The molecule has 5 nitrogen and oxygen atoms in total. The Morgan fingerprint density at radius 1 is 1.26 bits per heavy atom. The molecule has 4 aliphatic rings. The number of aliphatic hydroxyl groups excluding tert-OH is 3. The molecule has 2 fully saturated rings. The molecule has 0 saturated heterocycles. The molecule has 2 saturated carbocycles. The van der Waals surface area contributed by atoms with Crippen LogP contribution in [0.2, 0.25) is 0 Å². The maximum absolute atomic E-state index is 12.6. The molecule has 9 atom stereocenters. The Balaban J connectivity index is 1.81. The van der Waals surface area contributed by atoms with Gasteiger partial charge < -0.3 is 20.4 Å². The van der Waals surface area contributed by atoms with Gasteiger partial charge in [0.1, 0.15) is 12.2 Å². The van der Waals surface area contributed by atoms with Crippen molar-refractivity contribution < 1.29 is 25.2 Å². The smallest absolute Gasteiger partial charge is 0.190 e. The van der Waals surface area contributed by atoms with Crippen LogP contribution >= 0.6 is 0 Å². The third-order valence-corrected chi connectivity index (χ3v) is 8.31. The first-order chi connectivity index (χ1) is 12.6. The van der Waals surface area contributed by atoms with E-state index in [1.54, 1.807) is 6.08 Å². The van der Waals surface area contributed by atoms with E-state index in [0.29, 0.717) is 12.8 Å². The van der Waals surface area contributed by atoms with Crippen LogP contribution < -0.4 is 0 Å². The zero-order valence-corrected chi connectivity index (χ0v) is 16.2. The molecule has 4 aliphatic carbocycles. The Hall–Kier alpha value is -1.27. The number of fused-ring (bicyclic) bond motifs is 5. The van der Waals surface area contributed by atoms with Gasteiger partial charge in [-0.2, -0.15) is 0 Å². The van der Waals surface area contributed by atoms with Crippen molar-refractivity contribution in [3.8, 4) is 0 Å². The van der Waals surface area contributed by atoms with Crippen molar-refractivity contribution in [3.63, 3.8) is 0 Å². The Bertz CT molecular complexity index is 754. The van der Waals surface area contributed by atoms with Crippen LogP contribution in [0.4, 0.5) is 0 Å². The molecule has 0 radical (unpaired) electrons. The molecular weight excluding hydrogens is 344 g/mol. The topological polar surface area (TPSA) is 98.0 Å². The second-order valence-corrected chi connectivity index (χ2v) is 9.50. The van der Waals surface area contributed by atoms with Crippen LogP contribution in [0.5, 0.6) is 0 Å². The lowest BCUT2D eigenvalue weighted by molar-refractivity contribution is -0.178. The fraction of sp³-hybridized carbons (Fsp3) is 0.682. The standard InChI is InChI=1S/C22H30O5/c1-12-8-16-15-5-4-13-9-14(24)6-7-20(13,2)19(15)17(25)10-21(16,3)22(12,27)18(26)11-23/h4-7,9,12,14-17,19,23-25,27H,8,10-11H2,1-3H3/t12-,14?,15?,16?,17?,19?,20?,21?,22+/m1/s1. The van der Waals surface area contributed by atoms with Crippen LogP contribution in [-0.4, -0.2) is 50.6 Å². The van der Waals surface area contributed by atoms with Crippen LogP contribution in [0.25, 0.3) is 0 Å². The van der Waals surface area contributed by atoms with E-state index >= 15 is 0 Å². The van der Waals surface area contributed by atoms with E-state index in [1.165, 1.54) is 0 Å². The molecule has 0 spiro atoms. The van der Waals surface area contributed by atoms with Gasteiger partial charge in [-0.1, -0.05) is 45.1 Å². The van der Waals surface area contributed by atoms with Crippen LogP contribution in [-0.2, 0) is 4.79 Å². The van der Waals surface area contributed by atoms with Gasteiger partial charge >= 0.3 is 0 Å². The highest BCUT2D eigenvalue weighted by atomic mass is 16.3. The van der Waals surface area contributed by atoms with Crippen molar-refractivity contribution in [2.75, 3.05) is 6.61 Å². The molecule has 7 unspecified atom stereocenters. The first-order valence-corrected chi connectivity index (χ1v) is 9.92. The summed E-state index contributed by atoms with van der Waals surface area (Å²) in [6.07, 6.45) is 9.41. The zero-order valence-electron chi connectivity index (χ0n) is 16.2. The number of hydrogen-bond acceptors (Lipinski definition) is 5. The fourth-order valence-electron chi connectivity index (χ4n) is 6.95. The lowest BCUT2D eigenvalue weighted by atomic mass is 9.47. The Kier molecular flexibility index (Phi) is 4.14. The quantitative estimate of drug-likeness (QED) is 0.548. The molecule has 0 aromatic rings. The third kappa shape index (κ3) is 2.23. The Morgan fingerprint density at radius 2 is 1.96 bits per heavy atom. The van der Waals surface area contributed by atoms with Gasteiger partial charge in [0, 0.05) is 16.7 Å². The lowest BCUT2D eigenvalue weighted by Crippen LogP contribution is -2.62. The monoisotopic (exact) mass is 374 g/mol. The van der Waals surface area contributed by atoms with E-state index in [0.717, 1.165) is 5.57 Å². The minimum atomic E-state index is -1.62. The molecule has 27 heavy (non-hydrogen) atoms. The molecule has 0 bridgehead atoms. The van der Waals surface area contributed by atoms with Crippen molar-refractivity contribution in [2.24, 2.45) is 34.5 Å².